The van der Waals surface area contributed by atoms with Crippen molar-refractivity contribution in [1.82, 2.24) is 43.2 Å². The van der Waals surface area contributed by atoms with Crippen LogP contribution in [0.15, 0.2) is 431 Å². The molecule has 0 fully saturated rings. The molecule has 0 aliphatic rings. The van der Waals surface area contributed by atoms with E-state index < -0.39 is 0 Å². The highest BCUT2D eigenvalue weighted by Gasteiger charge is 2.25. The molecule has 6 aromatic heterocycles. The molecule has 0 bridgehead atoms. The minimum Gasteiger partial charge on any atom is -0.309 e. The first kappa shape index (κ1) is 69.3. The van der Waals surface area contributed by atoms with E-state index in [1.807, 2.05) is 60.7 Å². The quantitative estimate of drug-likeness (QED) is 0.122. The van der Waals surface area contributed by atoms with Gasteiger partial charge in [-0.3, -0.25) is 0 Å². The van der Waals surface area contributed by atoms with E-state index in [2.05, 4.69) is 388 Å². The Kier molecular flexibility index (Phi) is 16.7. The van der Waals surface area contributed by atoms with Crippen LogP contribution in [0.2, 0.25) is 0 Å². The number of fused-ring (bicyclic) bond motifs is 16. The first-order valence-electron chi connectivity index (χ1n) is 40.7. The lowest BCUT2D eigenvalue weighted by Gasteiger charge is -2.12. The van der Waals surface area contributed by atoms with Gasteiger partial charge in [-0.05, 0) is 159 Å². The fourth-order valence-electron chi connectivity index (χ4n) is 18.1. The topological polar surface area (TPSA) is 84.2 Å². The Morgan fingerprint density at radius 3 is 0.792 bits per heavy atom. The van der Waals surface area contributed by atoms with Gasteiger partial charge in [0.05, 0.1) is 55.5 Å². The summed E-state index contributed by atoms with van der Waals surface area (Å²) in [7, 11) is 0. The lowest BCUT2D eigenvalue weighted by Crippen LogP contribution is -2.00. The predicted octanol–water partition coefficient (Wildman–Crippen LogP) is 28.4. The molecule has 18 aromatic carbocycles. The van der Waals surface area contributed by atoms with Crippen molar-refractivity contribution in [2.24, 2.45) is 0 Å². The van der Waals surface area contributed by atoms with E-state index in [0.717, 1.165) is 89.2 Å². The van der Waals surface area contributed by atoms with Crippen LogP contribution in [0.3, 0.4) is 0 Å². The molecule has 0 N–H and O–H groups in total. The summed E-state index contributed by atoms with van der Waals surface area (Å²) < 4.78 is 9.64. The highest BCUT2D eigenvalue weighted by molar-refractivity contribution is 6.30. The van der Waals surface area contributed by atoms with Gasteiger partial charge < -0.3 is 18.3 Å². The van der Waals surface area contributed by atoms with Crippen LogP contribution in [0.1, 0.15) is 0 Å². The molecule has 24 aromatic rings. The Labute approximate surface area is 691 Å². The van der Waals surface area contributed by atoms with Gasteiger partial charge in [-0.1, -0.05) is 315 Å². The molecule has 120 heavy (non-hydrogen) atoms. The Bertz CT molecular complexity index is 7620. The maximum atomic E-state index is 5.18. The monoisotopic (exact) mass is 1530 g/mol. The molecule has 0 saturated heterocycles. The Hall–Kier alpha value is -16.2. The molecule has 0 radical (unpaired) electrons. The molecular weight excluding hydrogens is 1460 g/mol. The zero-order chi connectivity index (χ0) is 79.1. The SMILES string of the molecule is c1ccc(-c2ccc(-c3cc(-c4ccc5ccc(-n6c7ccccc7c7c8c9ccccc9n(-c9ccccc9)c8ccc76)cc5c4)nc(-c4ccccc4)n3)cc2)cc1.c1ccc(-c2ccc(-c3nc(-c4ccccc4)nc(-c4ccc5ccc(-n6c7ccccc7c7c8c9ccccc9n(-c9ccccc9)c8ccc76)cc5c4)n3)cc2)cc1. The number of rotatable bonds is 12. The van der Waals surface area contributed by atoms with Crippen molar-refractivity contribution in [3.63, 3.8) is 0 Å². The molecule has 6 heterocycles. The van der Waals surface area contributed by atoms with E-state index in [9.17, 15) is 0 Å². The molecule has 0 saturated carbocycles. The van der Waals surface area contributed by atoms with Gasteiger partial charge in [0, 0.05) is 99.2 Å². The third-order valence-corrected chi connectivity index (χ3v) is 23.7. The zero-order valence-corrected chi connectivity index (χ0v) is 65.0. The Morgan fingerprint density at radius 2 is 0.400 bits per heavy atom. The molecule has 0 aliphatic heterocycles. The van der Waals surface area contributed by atoms with Gasteiger partial charge >= 0.3 is 0 Å². The number of hydrogen-bond acceptors (Lipinski definition) is 5. The summed E-state index contributed by atoms with van der Waals surface area (Å²) in [5.41, 5.74) is 26.3. The first-order valence-corrected chi connectivity index (χ1v) is 40.7. The fourth-order valence-corrected chi connectivity index (χ4v) is 18.1. The maximum Gasteiger partial charge on any atom is 0.164 e. The molecule has 9 nitrogen and oxygen atoms in total. The number of benzene rings is 18. The molecule has 0 aliphatic carbocycles. The summed E-state index contributed by atoms with van der Waals surface area (Å²) >= 11 is 0. The number of nitrogens with zero attached hydrogens (tertiary/aromatic N) is 9. The van der Waals surface area contributed by atoms with Gasteiger partial charge in [0.15, 0.2) is 23.3 Å². The van der Waals surface area contributed by atoms with Crippen LogP contribution in [0.5, 0.6) is 0 Å². The largest absolute Gasteiger partial charge is 0.309 e. The van der Waals surface area contributed by atoms with Crippen molar-refractivity contribution < 1.29 is 0 Å². The molecule has 0 spiro atoms. The van der Waals surface area contributed by atoms with Crippen LogP contribution in [0.4, 0.5) is 0 Å². The smallest absolute Gasteiger partial charge is 0.164 e. The van der Waals surface area contributed by atoms with Crippen molar-refractivity contribution in [1.29, 1.82) is 0 Å². The number of aromatic nitrogens is 9. The summed E-state index contributed by atoms with van der Waals surface area (Å²) in [5, 5.41) is 14.6. The van der Waals surface area contributed by atoms with Crippen LogP contribution < -0.4 is 0 Å². The summed E-state index contributed by atoms with van der Waals surface area (Å²) in [6.07, 6.45) is 0. The standard InChI is InChI=1S/C56H36N4.C55H35N5/c1-4-14-37(15-5-1)38-24-27-40(28-25-38)48-36-49(58-56(57-48)41-16-6-2-7-17-41)42-29-26-39-30-31-45(35-43(39)34-42)60-51-23-13-11-21-47(51)55-53(60)33-32-52-54(55)46-20-10-12-22-50(46)59(52)44-18-8-3-9-19-44;1-4-14-36(15-5-1)37-24-27-40(28-25-37)54-56-53(39-16-6-2-7-17-39)57-55(58-54)41-29-26-38-30-31-44(35-42(38)34-41)60-48-23-13-11-21-46(48)52-50(60)33-32-49-51(52)45-20-10-12-22-47(45)59(49)43-18-8-3-9-19-43/h1-36H;1-35H. The van der Waals surface area contributed by atoms with Gasteiger partial charge in [-0.25, -0.2) is 24.9 Å². The Morgan fingerprint density at radius 1 is 0.142 bits per heavy atom. The highest BCUT2D eigenvalue weighted by atomic mass is 15.0. The summed E-state index contributed by atoms with van der Waals surface area (Å²) in [5.74, 6) is 2.61. The molecule has 0 amide bonds. The van der Waals surface area contributed by atoms with Crippen LogP contribution in [-0.4, -0.2) is 43.2 Å². The highest BCUT2D eigenvalue weighted by Crippen LogP contribution is 2.46. The molecule has 0 atom stereocenters. The van der Waals surface area contributed by atoms with Gasteiger partial charge in [-0.15, -0.1) is 0 Å². The molecule has 560 valence electrons. The van der Waals surface area contributed by atoms with Gasteiger partial charge in [0.1, 0.15) is 0 Å². The minimum atomic E-state index is 0.632. The van der Waals surface area contributed by atoms with Crippen molar-refractivity contribution in [3.8, 4) is 113 Å². The number of hydrogen-bond donors (Lipinski definition) is 0. The van der Waals surface area contributed by atoms with E-state index in [1.165, 1.54) is 109 Å². The van der Waals surface area contributed by atoms with Crippen molar-refractivity contribution in [2.45, 2.75) is 0 Å². The first-order chi connectivity index (χ1) is 59.5. The van der Waals surface area contributed by atoms with Crippen LogP contribution in [0, 0.1) is 0 Å². The van der Waals surface area contributed by atoms with E-state index in [1.54, 1.807) is 0 Å². The third kappa shape index (κ3) is 12.0. The van der Waals surface area contributed by atoms with Crippen LogP contribution in [0.25, 0.3) is 222 Å². The molecule has 24 rings (SSSR count). The maximum absolute atomic E-state index is 5.18. The average molecular weight is 1530 g/mol. The van der Waals surface area contributed by atoms with Gasteiger partial charge in [0.2, 0.25) is 0 Å². The van der Waals surface area contributed by atoms with E-state index >= 15 is 0 Å². The predicted molar refractivity (Wildman–Crippen MR) is 498 cm³/mol. The van der Waals surface area contributed by atoms with Crippen LogP contribution >= 0.6 is 0 Å². The van der Waals surface area contributed by atoms with Gasteiger partial charge in [-0.2, -0.15) is 0 Å². The van der Waals surface area contributed by atoms with Gasteiger partial charge in [0.25, 0.3) is 0 Å². The lowest BCUT2D eigenvalue weighted by molar-refractivity contribution is 1.07. The zero-order valence-electron chi connectivity index (χ0n) is 65.0. The third-order valence-electron chi connectivity index (χ3n) is 23.7. The normalized spacial score (nSPS) is 11.7. The van der Waals surface area contributed by atoms with Crippen LogP contribution in [-0.2, 0) is 0 Å². The summed E-state index contributed by atoms with van der Waals surface area (Å²) in [4.78, 5) is 25.5. The molecule has 0 unspecified atom stereocenters. The van der Waals surface area contributed by atoms with E-state index in [0.29, 0.717) is 23.3 Å². The molecule has 9 heteroatoms. The average Bonchev–Trinajstić information content (AvgIpc) is 1.55. The minimum absolute atomic E-state index is 0.632. The van der Waals surface area contributed by atoms with Crippen molar-refractivity contribution >= 4 is 109 Å². The summed E-state index contributed by atoms with van der Waals surface area (Å²) in [6.45, 7) is 0. The second-order valence-electron chi connectivity index (χ2n) is 30.7. The summed E-state index contributed by atoms with van der Waals surface area (Å²) in [6, 6.07) is 153. The lowest BCUT2D eigenvalue weighted by atomic mass is 10.0. The van der Waals surface area contributed by atoms with E-state index in [4.69, 9.17) is 24.9 Å². The second kappa shape index (κ2) is 28.9. The Balaban J connectivity index is 0.000000140. The van der Waals surface area contributed by atoms with E-state index in [-0.39, 0.29) is 0 Å². The van der Waals surface area contributed by atoms with Crippen molar-refractivity contribution in [3.05, 3.63) is 431 Å². The number of para-hydroxylation sites is 6. The molecular formula is C111H71N9. The second-order valence-corrected chi connectivity index (χ2v) is 30.7. The van der Waals surface area contributed by atoms with Crippen molar-refractivity contribution in [2.75, 3.05) is 0 Å². The fraction of sp³-hybridized carbons (Fsp3) is 0.